The predicted octanol–water partition coefficient (Wildman–Crippen LogP) is -0.0991. The van der Waals surface area contributed by atoms with E-state index >= 15 is 0 Å². The van der Waals surface area contributed by atoms with Crippen molar-refractivity contribution in [3.05, 3.63) is 48.0 Å². The van der Waals surface area contributed by atoms with Gasteiger partial charge in [0.1, 0.15) is 47.4 Å². The highest BCUT2D eigenvalue weighted by Gasteiger charge is 2.30. The zero-order chi connectivity index (χ0) is 32.5. The van der Waals surface area contributed by atoms with Gasteiger partial charge in [-0.05, 0) is 52.3 Å². The van der Waals surface area contributed by atoms with Crippen molar-refractivity contribution < 1.29 is 43.1 Å². The number of ether oxygens (including phenoxy) is 2. The van der Waals surface area contributed by atoms with Gasteiger partial charge in [-0.1, -0.05) is 12.1 Å². The van der Waals surface area contributed by atoms with E-state index in [-0.39, 0.29) is 18.6 Å². The lowest BCUT2D eigenvalue weighted by Crippen LogP contribution is -2.57. The Bertz CT molecular complexity index is 1300. The van der Waals surface area contributed by atoms with E-state index in [1.165, 1.54) is 33.1 Å². The molecule has 1 heterocycles. The Hall–Kier alpha value is -4.62. The molecule has 5 N–H and O–H groups in total. The first-order valence-corrected chi connectivity index (χ1v) is 13.8. The predicted molar refractivity (Wildman–Crippen MR) is 154 cm³/mol. The number of aromatic nitrogens is 2. The van der Waals surface area contributed by atoms with Gasteiger partial charge >= 0.3 is 12.1 Å². The highest BCUT2D eigenvalue weighted by atomic mass is 16.6. The number of aryl methyl sites for hydroxylation is 2. The molecule has 4 amide bonds. The highest BCUT2D eigenvalue weighted by molar-refractivity contribution is 5.94. The number of hydrogen-bond acceptors (Lipinski definition) is 8. The third-order valence-electron chi connectivity index (χ3n) is 6.26. The van der Waals surface area contributed by atoms with E-state index in [2.05, 4.69) is 21.3 Å². The second-order valence-electron chi connectivity index (χ2n) is 11.3. The van der Waals surface area contributed by atoms with Crippen LogP contribution >= 0.6 is 0 Å². The van der Waals surface area contributed by atoms with E-state index < -0.39 is 59.6 Å². The van der Waals surface area contributed by atoms with E-state index in [0.29, 0.717) is 5.56 Å². The van der Waals surface area contributed by atoms with Gasteiger partial charge in [-0.2, -0.15) is 0 Å². The van der Waals surface area contributed by atoms with Crippen LogP contribution in [-0.2, 0) is 55.6 Å². The lowest BCUT2D eigenvalue weighted by Gasteiger charge is -2.25. The van der Waals surface area contributed by atoms with Crippen LogP contribution in [0.15, 0.2) is 36.8 Å². The smallest absolute Gasteiger partial charge is 0.408 e. The van der Waals surface area contributed by atoms with Gasteiger partial charge < -0.3 is 35.8 Å². The molecule has 14 nitrogen and oxygen atoms in total. The van der Waals surface area contributed by atoms with Crippen molar-refractivity contribution in [2.24, 2.45) is 14.1 Å². The summed E-state index contributed by atoms with van der Waals surface area (Å²) in [6, 6.07) is 1.83. The van der Waals surface area contributed by atoms with E-state index in [9.17, 15) is 29.1 Å². The van der Waals surface area contributed by atoms with Crippen molar-refractivity contribution in [3.63, 3.8) is 0 Å². The minimum atomic E-state index is -1.12. The molecule has 4 atom stereocenters. The summed E-state index contributed by atoms with van der Waals surface area (Å²) in [4.78, 5) is 63.8. The van der Waals surface area contributed by atoms with Gasteiger partial charge in [-0.3, -0.25) is 14.4 Å². The molecule has 0 bridgehead atoms. The molecule has 0 unspecified atom stereocenters. The van der Waals surface area contributed by atoms with Gasteiger partial charge in [0.2, 0.25) is 24.0 Å². The molecule has 0 spiro atoms. The maximum atomic E-state index is 13.2. The van der Waals surface area contributed by atoms with Gasteiger partial charge in [0.05, 0.1) is 21.2 Å². The standard InChI is InChI=1S/C29H42N6O8/c1-17(31-26(39)22(33-28(41)43-29(3,4)5)13-19-9-11-21(36)12-10-19)24(37)30-18(2)25(38)32-23(27(40)42-8)14-20-15-34(6)16-35(20)7/h9-12,15-18,22-23H,13-14H2,1-8H3,(H4-,30,31,32,33,36,37,38,39,41)/p+1/t17-,18-,22-,23-/m0/s1. The summed E-state index contributed by atoms with van der Waals surface area (Å²) in [6.45, 7) is 7.91. The monoisotopic (exact) mass is 603 g/mol. The molecule has 0 aliphatic rings. The number of esters is 1. The summed E-state index contributed by atoms with van der Waals surface area (Å²) in [6.07, 6.45) is 3.01. The van der Waals surface area contributed by atoms with Gasteiger partial charge in [-0.25, -0.2) is 18.7 Å². The molecular formula is C29H43N6O8+. The number of nitrogens with one attached hydrogen (secondary N) is 4. The summed E-state index contributed by atoms with van der Waals surface area (Å²) >= 11 is 0. The Kier molecular flexibility index (Phi) is 12.1. The lowest BCUT2D eigenvalue weighted by atomic mass is 10.0. The third-order valence-corrected chi connectivity index (χ3v) is 6.26. The Morgan fingerprint density at radius 2 is 1.44 bits per heavy atom. The van der Waals surface area contributed by atoms with Crippen molar-refractivity contribution >= 4 is 29.8 Å². The number of imidazole rings is 1. The highest BCUT2D eigenvalue weighted by Crippen LogP contribution is 2.13. The maximum absolute atomic E-state index is 13.2. The number of nitrogens with zero attached hydrogens (tertiary/aromatic N) is 2. The van der Waals surface area contributed by atoms with Crippen LogP contribution in [0.25, 0.3) is 0 Å². The van der Waals surface area contributed by atoms with Crippen LogP contribution in [0.2, 0.25) is 0 Å². The van der Waals surface area contributed by atoms with E-state index in [4.69, 9.17) is 9.47 Å². The number of benzene rings is 1. The molecule has 0 saturated heterocycles. The summed E-state index contributed by atoms with van der Waals surface area (Å²) in [7, 11) is 4.85. The molecule has 0 aliphatic carbocycles. The normalized spacial score (nSPS) is 14.0. The van der Waals surface area contributed by atoms with Crippen molar-refractivity contribution in [3.8, 4) is 5.75 Å². The van der Waals surface area contributed by atoms with Crippen LogP contribution in [-0.4, -0.2) is 76.3 Å². The molecule has 43 heavy (non-hydrogen) atoms. The van der Waals surface area contributed by atoms with Crippen LogP contribution in [0.1, 0.15) is 45.9 Å². The average molecular weight is 604 g/mol. The maximum Gasteiger partial charge on any atom is 0.408 e. The molecule has 1 aromatic carbocycles. The molecular weight excluding hydrogens is 560 g/mol. The fraction of sp³-hybridized carbons (Fsp3) is 0.517. The Balaban J connectivity index is 2.05. The first-order chi connectivity index (χ1) is 20.0. The van der Waals surface area contributed by atoms with Gasteiger partial charge in [0, 0.05) is 12.8 Å². The van der Waals surface area contributed by atoms with Crippen LogP contribution in [0.4, 0.5) is 4.79 Å². The number of carbonyl (C=O) groups excluding carboxylic acids is 5. The van der Waals surface area contributed by atoms with E-state index in [1.807, 2.05) is 35.8 Å². The third kappa shape index (κ3) is 11.3. The zero-order valence-electron chi connectivity index (χ0n) is 25.9. The van der Waals surface area contributed by atoms with Crippen LogP contribution in [0.3, 0.4) is 0 Å². The molecule has 0 fully saturated rings. The number of phenolic OH excluding ortho intramolecular Hbond substituents is 1. The van der Waals surface area contributed by atoms with Crippen molar-refractivity contribution in [1.82, 2.24) is 25.8 Å². The first-order valence-electron chi connectivity index (χ1n) is 13.8. The second-order valence-corrected chi connectivity index (χ2v) is 11.3. The number of alkyl carbamates (subject to hydrolysis) is 1. The number of rotatable bonds is 12. The average Bonchev–Trinajstić information content (AvgIpc) is 3.23. The molecule has 2 aromatic rings. The Labute approximate surface area is 251 Å². The van der Waals surface area contributed by atoms with Crippen molar-refractivity contribution in [2.75, 3.05) is 7.11 Å². The van der Waals surface area contributed by atoms with Crippen LogP contribution in [0.5, 0.6) is 5.75 Å². The van der Waals surface area contributed by atoms with Crippen LogP contribution in [0, 0.1) is 0 Å². The van der Waals surface area contributed by atoms with Gasteiger partial charge in [0.25, 0.3) is 0 Å². The summed E-state index contributed by atoms with van der Waals surface area (Å²) < 4.78 is 13.7. The van der Waals surface area contributed by atoms with Gasteiger partial charge in [0.15, 0.2) is 0 Å². The minimum Gasteiger partial charge on any atom is -0.508 e. The van der Waals surface area contributed by atoms with Crippen LogP contribution < -0.4 is 25.8 Å². The number of carbonyl (C=O) groups is 5. The number of aromatic hydroxyl groups is 1. The fourth-order valence-corrected chi connectivity index (χ4v) is 4.06. The largest absolute Gasteiger partial charge is 0.508 e. The molecule has 0 aliphatic heterocycles. The Morgan fingerprint density at radius 3 is 1.95 bits per heavy atom. The molecule has 2 rings (SSSR count). The number of amides is 4. The van der Waals surface area contributed by atoms with E-state index in [0.717, 1.165) is 5.69 Å². The van der Waals surface area contributed by atoms with E-state index in [1.54, 1.807) is 32.9 Å². The summed E-state index contributed by atoms with van der Waals surface area (Å²) in [5, 5.41) is 19.8. The number of phenols is 1. The summed E-state index contributed by atoms with van der Waals surface area (Å²) in [5.41, 5.74) is 0.604. The van der Waals surface area contributed by atoms with Crippen molar-refractivity contribution in [2.45, 2.75) is 77.2 Å². The SMILES string of the molecule is COC(=O)[C@H](Cc1c[n+](C)cn1C)NC(=O)[C@H](C)NC(=O)[C@H](C)NC(=O)[C@H](Cc1ccc(O)cc1)NC(=O)OC(C)(C)C. The first kappa shape index (κ1) is 34.6. The fourth-order valence-electron chi connectivity index (χ4n) is 4.06. The molecule has 0 saturated carbocycles. The zero-order valence-corrected chi connectivity index (χ0v) is 25.9. The molecule has 14 heteroatoms. The minimum absolute atomic E-state index is 0.0419. The topological polar surface area (TPSA) is 181 Å². The second kappa shape index (κ2) is 15.0. The molecule has 236 valence electrons. The lowest BCUT2D eigenvalue weighted by molar-refractivity contribution is -0.671. The molecule has 1 aromatic heterocycles. The Morgan fingerprint density at radius 1 is 0.884 bits per heavy atom. The molecule has 0 radical (unpaired) electrons. The van der Waals surface area contributed by atoms with Gasteiger partial charge in [-0.15, -0.1) is 0 Å². The quantitative estimate of drug-likeness (QED) is 0.165. The number of methoxy groups -OCH3 is 1. The summed E-state index contributed by atoms with van der Waals surface area (Å²) in [5.74, 6) is -2.56. The van der Waals surface area contributed by atoms with Crippen molar-refractivity contribution in [1.29, 1.82) is 0 Å². The number of hydrogen-bond donors (Lipinski definition) is 5.